The van der Waals surface area contributed by atoms with E-state index < -0.39 is 0 Å². The molecule has 0 radical (unpaired) electrons. The van der Waals surface area contributed by atoms with Crippen LogP contribution >= 0.6 is 35.6 Å². The summed E-state index contributed by atoms with van der Waals surface area (Å²) in [6, 6.07) is 15.8. The average Bonchev–Trinajstić information content (AvgIpc) is 2.89. The number of carbonyl (C=O) groups is 1. The Hall–Kier alpha value is -2.41. The van der Waals surface area contributed by atoms with Crippen molar-refractivity contribution in [1.82, 2.24) is 4.98 Å². The van der Waals surface area contributed by atoms with E-state index in [4.69, 9.17) is 23.8 Å². The molecule has 1 aliphatic rings. The van der Waals surface area contributed by atoms with Gasteiger partial charge in [0.1, 0.15) is 5.75 Å². The van der Waals surface area contributed by atoms with Crippen LogP contribution in [0.1, 0.15) is 5.69 Å². The lowest BCUT2D eigenvalue weighted by Crippen LogP contribution is -2.27. The Morgan fingerprint density at radius 3 is 2.77 bits per heavy atom. The number of amides is 1. The number of thioether (sulfide) groups is 1. The highest BCUT2D eigenvalue weighted by Crippen LogP contribution is 2.37. The van der Waals surface area contributed by atoms with E-state index in [1.807, 2.05) is 24.3 Å². The maximum Gasteiger partial charge on any atom is 0.270 e. The highest BCUT2D eigenvalue weighted by atomic mass is 35.5. The van der Waals surface area contributed by atoms with Gasteiger partial charge in [-0.2, -0.15) is 0 Å². The van der Waals surface area contributed by atoms with Gasteiger partial charge in [0.2, 0.25) is 0 Å². The summed E-state index contributed by atoms with van der Waals surface area (Å²) < 4.78 is 0.408. The van der Waals surface area contributed by atoms with Crippen LogP contribution in [0.15, 0.2) is 59.5 Å². The Labute approximate surface area is 164 Å². The van der Waals surface area contributed by atoms with Gasteiger partial charge in [0, 0.05) is 11.5 Å². The maximum absolute atomic E-state index is 12.8. The average molecular weight is 399 g/mol. The second-order valence-corrected chi connectivity index (χ2v) is 7.67. The maximum atomic E-state index is 12.8. The van der Waals surface area contributed by atoms with Crippen LogP contribution in [0.4, 0.5) is 5.69 Å². The van der Waals surface area contributed by atoms with Gasteiger partial charge >= 0.3 is 0 Å². The number of hydrogen-bond donors (Lipinski definition) is 1. The zero-order valence-corrected chi connectivity index (χ0v) is 15.6. The van der Waals surface area contributed by atoms with Gasteiger partial charge in [0.15, 0.2) is 4.32 Å². The molecule has 0 aliphatic carbocycles. The number of halogens is 1. The third-order valence-corrected chi connectivity index (χ3v) is 5.46. The third kappa shape index (κ3) is 3.07. The number of anilines is 1. The van der Waals surface area contributed by atoms with Crippen LogP contribution in [0.5, 0.6) is 5.75 Å². The van der Waals surface area contributed by atoms with Crippen LogP contribution in [0.3, 0.4) is 0 Å². The largest absolute Gasteiger partial charge is 0.508 e. The first-order chi connectivity index (χ1) is 12.5. The quantitative estimate of drug-likeness (QED) is 0.486. The standard InChI is InChI=1S/C19H11ClN2O2S2/c20-15-6-1-3-11-7-8-12(21-17(11)15)9-16-18(24)22(19(25)26-16)13-4-2-5-14(23)10-13/h1-10,23H/b16-9-. The van der Waals surface area contributed by atoms with E-state index >= 15 is 0 Å². The van der Waals surface area contributed by atoms with Crippen molar-refractivity contribution < 1.29 is 9.90 Å². The van der Waals surface area contributed by atoms with Crippen LogP contribution < -0.4 is 4.90 Å². The molecule has 0 saturated carbocycles. The first-order valence-corrected chi connectivity index (χ1v) is 9.25. The number of pyridine rings is 1. The third-order valence-electron chi connectivity index (χ3n) is 3.85. The lowest BCUT2D eigenvalue weighted by molar-refractivity contribution is -0.113. The molecule has 2 heterocycles. The summed E-state index contributed by atoms with van der Waals surface area (Å²) in [6.45, 7) is 0. The van der Waals surface area contributed by atoms with Gasteiger partial charge in [-0.25, -0.2) is 4.98 Å². The molecule has 0 atom stereocenters. The van der Waals surface area contributed by atoms with Crippen LogP contribution in [0.25, 0.3) is 17.0 Å². The van der Waals surface area contributed by atoms with Crippen molar-refractivity contribution in [2.75, 3.05) is 4.90 Å². The Morgan fingerprint density at radius 1 is 1.15 bits per heavy atom. The van der Waals surface area contributed by atoms with E-state index in [0.717, 1.165) is 5.39 Å². The number of carbonyl (C=O) groups excluding carboxylic acids is 1. The lowest BCUT2D eigenvalue weighted by atomic mass is 10.2. The minimum Gasteiger partial charge on any atom is -0.508 e. The van der Waals surface area contributed by atoms with Gasteiger partial charge in [-0.05, 0) is 30.3 Å². The van der Waals surface area contributed by atoms with Gasteiger partial charge in [-0.15, -0.1) is 0 Å². The Morgan fingerprint density at radius 2 is 1.96 bits per heavy atom. The van der Waals surface area contributed by atoms with Crippen molar-refractivity contribution >= 4 is 68.5 Å². The van der Waals surface area contributed by atoms with E-state index in [9.17, 15) is 9.90 Å². The van der Waals surface area contributed by atoms with Gasteiger partial charge in [-0.1, -0.05) is 59.8 Å². The fourth-order valence-electron chi connectivity index (χ4n) is 2.66. The number of nitrogens with zero attached hydrogens (tertiary/aromatic N) is 2. The number of hydrogen-bond acceptors (Lipinski definition) is 5. The zero-order valence-electron chi connectivity index (χ0n) is 13.2. The molecule has 1 N–H and O–H groups in total. The van der Waals surface area contributed by atoms with Crippen molar-refractivity contribution in [3.63, 3.8) is 0 Å². The number of phenolic OH excluding ortho intramolecular Hbond substituents is 1. The molecule has 1 fully saturated rings. The first kappa shape index (κ1) is 17.0. The predicted molar refractivity (Wildman–Crippen MR) is 111 cm³/mol. The number of thiocarbonyl (C=S) groups is 1. The normalized spacial score (nSPS) is 16.0. The summed E-state index contributed by atoms with van der Waals surface area (Å²) in [5.74, 6) is -0.168. The van der Waals surface area contributed by atoms with Crippen LogP contribution in [0.2, 0.25) is 5.02 Å². The first-order valence-electron chi connectivity index (χ1n) is 7.65. The minimum atomic E-state index is -0.244. The van der Waals surface area contributed by atoms with Gasteiger partial charge < -0.3 is 5.11 Å². The second kappa shape index (κ2) is 6.72. The summed E-state index contributed by atoms with van der Waals surface area (Å²) in [4.78, 5) is 19.2. The molecule has 0 unspecified atom stereocenters. The molecule has 0 spiro atoms. The molecule has 7 heteroatoms. The summed E-state index contributed by atoms with van der Waals surface area (Å²) in [5.41, 5.74) is 1.85. The number of rotatable bonds is 2. The molecule has 0 bridgehead atoms. The molecule has 1 aliphatic heterocycles. The Balaban J connectivity index is 1.71. The van der Waals surface area contributed by atoms with Crippen LogP contribution in [-0.2, 0) is 4.79 Å². The number of benzene rings is 2. The fourth-order valence-corrected chi connectivity index (χ4v) is 4.17. The second-order valence-electron chi connectivity index (χ2n) is 5.58. The fraction of sp³-hybridized carbons (Fsp3) is 0. The predicted octanol–water partition coefficient (Wildman–Crippen LogP) is 5.00. The SMILES string of the molecule is O=C1/C(=C/c2ccc3cccc(Cl)c3n2)SC(=S)N1c1cccc(O)c1. The number of aromatic nitrogens is 1. The van der Waals surface area contributed by atoms with E-state index in [1.54, 1.807) is 30.3 Å². The van der Waals surface area contributed by atoms with E-state index in [2.05, 4.69) is 4.98 Å². The van der Waals surface area contributed by atoms with Crippen molar-refractivity contribution in [2.24, 2.45) is 0 Å². The molecule has 4 nitrogen and oxygen atoms in total. The van der Waals surface area contributed by atoms with Crippen molar-refractivity contribution in [2.45, 2.75) is 0 Å². The van der Waals surface area contributed by atoms with Gasteiger partial charge in [-0.3, -0.25) is 9.69 Å². The Bertz CT molecular complexity index is 1100. The lowest BCUT2D eigenvalue weighted by Gasteiger charge is -2.14. The molecule has 128 valence electrons. The van der Waals surface area contributed by atoms with Gasteiger partial charge in [0.05, 0.1) is 26.8 Å². The Kier molecular flexibility index (Phi) is 4.40. The highest BCUT2D eigenvalue weighted by molar-refractivity contribution is 8.27. The summed E-state index contributed by atoms with van der Waals surface area (Å²) in [5, 5.41) is 11.1. The minimum absolute atomic E-state index is 0.0753. The topological polar surface area (TPSA) is 53.4 Å². The van der Waals surface area contributed by atoms with E-state index in [0.29, 0.717) is 31.1 Å². The molecule has 2 aromatic carbocycles. The van der Waals surface area contributed by atoms with E-state index in [1.165, 1.54) is 22.7 Å². The smallest absolute Gasteiger partial charge is 0.270 e. The molecule has 1 aromatic heterocycles. The summed E-state index contributed by atoms with van der Waals surface area (Å²) in [7, 11) is 0. The molecule has 3 aromatic rings. The van der Waals surface area contributed by atoms with Crippen molar-refractivity contribution in [3.8, 4) is 5.75 Å². The highest BCUT2D eigenvalue weighted by Gasteiger charge is 2.33. The molecule has 1 saturated heterocycles. The van der Waals surface area contributed by atoms with Crippen LogP contribution in [0, 0.1) is 0 Å². The monoisotopic (exact) mass is 398 g/mol. The number of fused-ring (bicyclic) bond motifs is 1. The summed E-state index contributed by atoms with van der Waals surface area (Å²) in [6.07, 6.45) is 1.70. The van der Waals surface area contributed by atoms with Crippen LogP contribution in [-0.4, -0.2) is 20.3 Å². The number of aromatic hydroxyl groups is 1. The van der Waals surface area contributed by atoms with E-state index in [-0.39, 0.29) is 11.7 Å². The molecular weight excluding hydrogens is 388 g/mol. The molecule has 1 amide bonds. The molecule has 26 heavy (non-hydrogen) atoms. The van der Waals surface area contributed by atoms with Gasteiger partial charge in [0.25, 0.3) is 5.91 Å². The molecular formula is C19H11ClN2O2S2. The summed E-state index contributed by atoms with van der Waals surface area (Å²) >= 11 is 12.7. The van der Waals surface area contributed by atoms with Crippen molar-refractivity contribution in [1.29, 1.82) is 0 Å². The van der Waals surface area contributed by atoms with Crippen molar-refractivity contribution in [3.05, 3.63) is 70.2 Å². The zero-order chi connectivity index (χ0) is 18.3. The number of para-hydroxylation sites is 1. The molecule has 4 rings (SSSR count). The number of phenols is 1.